The summed E-state index contributed by atoms with van der Waals surface area (Å²) >= 11 is 0. The van der Waals surface area contributed by atoms with E-state index in [0.29, 0.717) is 5.56 Å². The second-order valence-corrected chi connectivity index (χ2v) is 4.53. The van der Waals surface area contributed by atoms with Gasteiger partial charge >= 0.3 is 0 Å². The van der Waals surface area contributed by atoms with Crippen LogP contribution in [0.4, 0.5) is 0 Å². The van der Waals surface area contributed by atoms with Gasteiger partial charge < -0.3 is 15.0 Å². The summed E-state index contributed by atoms with van der Waals surface area (Å²) < 4.78 is 1.35. The van der Waals surface area contributed by atoms with Crippen molar-refractivity contribution in [3.8, 4) is 0 Å². The highest BCUT2D eigenvalue weighted by Crippen LogP contribution is 2.06. The van der Waals surface area contributed by atoms with E-state index in [1.54, 1.807) is 7.05 Å². The molecule has 0 fully saturated rings. The van der Waals surface area contributed by atoms with Gasteiger partial charge in [0.15, 0.2) is 0 Å². The molecule has 0 saturated heterocycles. The van der Waals surface area contributed by atoms with Crippen LogP contribution in [0.2, 0.25) is 0 Å². The third-order valence-electron chi connectivity index (χ3n) is 3.12. The Kier molecular flexibility index (Phi) is 5.09. The van der Waals surface area contributed by atoms with Gasteiger partial charge in [0.1, 0.15) is 0 Å². The number of carbonyl (C=O) groups excluding carboxylic acids is 1. The molecule has 0 radical (unpaired) electrons. The molecule has 1 aromatic rings. The Balaban J connectivity index is 2.60. The molecule has 1 aromatic heterocycles. The lowest BCUT2D eigenvalue weighted by molar-refractivity contribution is 0.0849. The van der Waals surface area contributed by atoms with Crippen LogP contribution in [0.5, 0.6) is 0 Å². The SMILES string of the molecule is CCC(C)C(O)CNC(=O)c1ccc(=O)n(C)c1. The molecule has 0 spiro atoms. The number of hydrogen-bond acceptors (Lipinski definition) is 3. The lowest BCUT2D eigenvalue weighted by Gasteiger charge is -2.17. The first kappa shape index (κ1) is 14.4. The van der Waals surface area contributed by atoms with E-state index in [1.807, 2.05) is 13.8 Å². The zero-order chi connectivity index (χ0) is 13.7. The van der Waals surface area contributed by atoms with Crippen LogP contribution in [-0.4, -0.2) is 28.2 Å². The van der Waals surface area contributed by atoms with E-state index in [9.17, 15) is 14.7 Å². The molecule has 0 aromatic carbocycles. The average molecular weight is 252 g/mol. The molecule has 5 nitrogen and oxygen atoms in total. The van der Waals surface area contributed by atoms with E-state index in [2.05, 4.69) is 5.32 Å². The molecule has 1 rings (SSSR count). The molecule has 18 heavy (non-hydrogen) atoms. The van der Waals surface area contributed by atoms with E-state index in [1.165, 1.54) is 22.9 Å². The summed E-state index contributed by atoms with van der Waals surface area (Å²) in [4.78, 5) is 23.0. The van der Waals surface area contributed by atoms with Gasteiger partial charge in [-0.25, -0.2) is 0 Å². The number of amides is 1. The second-order valence-electron chi connectivity index (χ2n) is 4.53. The summed E-state index contributed by atoms with van der Waals surface area (Å²) in [7, 11) is 1.59. The molecular formula is C13H20N2O3. The Hall–Kier alpha value is -1.62. The average Bonchev–Trinajstić information content (AvgIpc) is 2.37. The fraction of sp³-hybridized carbons (Fsp3) is 0.538. The molecule has 100 valence electrons. The Morgan fingerprint density at radius 2 is 2.17 bits per heavy atom. The molecule has 5 heteroatoms. The molecular weight excluding hydrogens is 232 g/mol. The first-order valence-corrected chi connectivity index (χ1v) is 6.08. The van der Waals surface area contributed by atoms with Crippen molar-refractivity contribution in [2.24, 2.45) is 13.0 Å². The van der Waals surface area contributed by atoms with Crippen molar-refractivity contribution < 1.29 is 9.90 Å². The molecule has 2 atom stereocenters. The minimum absolute atomic E-state index is 0.144. The van der Waals surface area contributed by atoms with E-state index in [0.717, 1.165) is 6.42 Å². The van der Waals surface area contributed by atoms with Gasteiger partial charge in [0.05, 0.1) is 11.7 Å². The quantitative estimate of drug-likeness (QED) is 0.802. The number of aliphatic hydroxyl groups excluding tert-OH is 1. The summed E-state index contributed by atoms with van der Waals surface area (Å²) in [6.45, 7) is 4.14. The highest BCUT2D eigenvalue weighted by molar-refractivity contribution is 5.93. The summed E-state index contributed by atoms with van der Waals surface area (Å²) in [6.07, 6.45) is 1.79. The number of carbonyl (C=O) groups is 1. The standard InChI is InChI=1S/C13H20N2O3/c1-4-9(2)11(16)7-14-13(18)10-5-6-12(17)15(3)8-10/h5-6,8-9,11,16H,4,7H2,1-3H3,(H,14,18). The molecule has 0 aliphatic carbocycles. The molecule has 0 aliphatic heterocycles. The zero-order valence-electron chi connectivity index (χ0n) is 11.0. The minimum atomic E-state index is -0.550. The summed E-state index contributed by atoms with van der Waals surface area (Å²) in [5.41, 5.74) is 0.250. The van der Waals surface area contributed by atoms with Crippen LogP contribution in [0.15, 0.2) is 23.1 Å². The van der Waals surface area contributed by atoms with Crippen molar-refractivity contribution in [1.82, 2.24) is 9.88 Å². The minimum Gasteiger partial charge on any atom is -0.391 e. The number of aromatic nitrogens is 1. The maximum Gasteiger partial charge on any atom is 0.252 e. The van der Waals surface area contributed by atoms with Crippen LogP contribution in [0.3, 0.4) is 0 Å². The third kappa shape index (κ3) is 3.70. The lowest BCUT2D eigenvalue weighted by atomic mass is 10.0. The molecule has 1 amide bonds. The molecule has 0 aliphatic rings. The van der Waals surface area contributed by atoms with Gasteiger partial charge in [-0.05, 0) is 12.0 Å². The maximum atomic E-state index is 11.8. The number of hydrogen-bond donors (Lipinski definition) is 2. The summed E-state index contributed by atoms with van der Waals surface area (Å²) in [6, 6.07) is 2.83. The van der Waals surface area contributed by atoms with Gasteiger partial charge in [-0.1, -0.05) is 20.3 Å². The van der Waals surface area contributed by atoms with E-state index < -0.39 is 6.10 Å². The smallest absolute Gasteiger partial charge is 0.252 e. The Morgan fingerprint density at radius 3 is 2.72 bits per heavy atom. The number of rotatable bonds is 5. The number of nitrogens with one attached hydrogen (secondary N) is 1. The zero-order valence-corrected chi connectivity index (χ0v) is 11.0. The van der Waals surface area contributed by atoms with Crippen LogP contribution in [0, 0.1) is 5.92 Å². The van der Waals surface area contributed by atoms with Gasteiger partial charge in [-0.3, -0.25) is 9.59 Å². The van der Waals surface area contributed by atoms with Crippen molar-refractivity contribution >= 4 is 5.91 Å². The number of aliphatic hydroxyl groups is 1. The first-order chi connectivity index (χ1) is 8.45. The van der Waals surface area contributed by atoms with Gasteiger partial charge in [0.2, 0.25) is 5.56 Å². The molecule has 1 heterocycles. The second kappa shape index (κ2) is 6.35. The van der Waals surface area contributed by atoms with Gasteiger partial charge in [0.25, 0.3) is 5.91 Å². The van der Waals surface area contributed by atoms with Crippen molar-refractivity contribution in [3.05, 3.63) is 34.2 Å². The Bertz CT molecular complexity index is 468. The normalized spacial score (nSPS) is 14.0. The van der Waals surface area contributed by atoms with Gasteiger partial charge in [-0.15, -0.1) is 0 Å². The van der Waals surface area contributed by atoms with Crippen LogP contribution in [0.25, 0.3) is 0 Å². The maximum absolute atomic E-state index is 11.8. The van der Waals surface area contributed by atoms with E-state index in [-0.39, 0.29) is 23.9 Å². The lowest BCUT2D eigenvalue weighted by Crippen LogP contribution is -2.35. The van der Waals surface area contributed by atoms with Crippen molar-refractivity contribution in [3.63, 3.8) is 0 Å². The molecule has 0 saturated carbocycles. The van der Waals surface area contributed by atoms with Crippen LogP contribution in [0.1, 0.15) is 30.6 Å². The molecule has 2 N–H and O–H groups in total. The highest BCUT2D eigenvalue weighted by atomic mass is 16.3. The van der Waals surface area contributed by atoms with E-state index in [4.69, 9.17) is 0 Å². The van der Waals surface area contributed by atoms with Crippen LogP contribution in [-0.2, 0) is 7.05 Å². The third-order valence-corrected chi connectivity index (χ3v) is 3.12. The number of nitrogens with zero attached hydrogens (tertiary/aromatic N) is 1. The predicted octanol–water partition coefficient (Wildman–Crippen LogP) is 0.522. The summed E-state index contributed by atoms with van der Waals surface area (Å²) in [5, 5.41) is 12.4. The van der Waals surface area contributed by atoms with Crippen molar-refractivity contribution in [2.75, 3.05) is 6.54 Å². The molecule has 0 bridgehead atoms. The number of aryl methyl sites for hydroxylation is 1. The highest BCUT2D eigenvalue weighted by Gasteiger charge is 2.14. The topological polar surface area (TPSA) is 71.3 Å². The van der Waals surface area contributed by atoms with E-state index >= 15 is 0 Å². The Morgan fingerprint density at radius 1 is 1.50 bits per heavy atom. The van der Waals surface area contributed by atoms with Crippen LogP contribution >= 0.6 is 0 Å². The number of pyridine rings is 1. The van der Waals surface area contributed by atoms with Crippen LogP contribution < -0.4 is 10.9 Å². The fourth-order valence-electron chi connectivity index (χ4n) is 1.50. The molecule has 2 unspecified atom stereocenters. The van der Waals surface area contributed by atoms with Gasteiger partial charge in [-0.2, -0.15) is 0 Å². The van der Waals surface area contributed by atoms with Gasteiger partial charge in [0, 0.05) is 25.9 Å². The predicted molar refractivity (Wildman–Crippen MR) is 69.5 cm³/mol. The monoisotopic (exact) mass is 252 g/mol. The Labute approximate surface area is 106 Å². The fourth-order valence-corrected chi connectivity index (χ4v) is 1.50. The first-order valence-electron chi connectivity index (χ1n) is 6.08. The van der Waals surface area contributed by atoms with Crippen molar-refractivity contribution in [1.29, 1.82) is 0 Å². The van der Waals surface area contributed by atoms with Crippen molar-refractivity contribution in [2.45, 2.75) is 26.4 Å². The largest absolute Gasteiger partial charge is 0.391 e. The summed E-state index contributed by atoms with van der Waals surface area (Å²) in [5.74, 6) is -0.140.